The normalized spacial score (nSPS) is 10.4. The summed E-state index contributed by atoms with van der Waals surface area (Å²) in [5.41, 5.74) is 3.54. The molecule has 0 aliphatic carbocycles. The highest BCUT2D eigenvalue weighted by Crippen LogP contribution is 2.37. The minimum absolute atomic E-state index is 0.176. The second-order valence-electron chi connectivity index (χ2n) is 5.75. The third-order valence-corrected chi connectivity index (χ3v) is 4.51. The van der Waals surface area contributed by atoms with Gasteiger partial charge < -0.3 is 14.8 Å². The maximum absolute atomic E-state index is 12.8. The van der Waals surface area contributed by atoms with Crippen LogP contribution in [0.2, 0.25) is 0 Å². The first-order chi connectivity index (χ1) is 12.0. The van der Waals surface area contributed by atoms with Crippen molar-refractivity contribution in [3.8, 4) is 11.5 Å². The molecule has 2 rings (SSSR count). The SMILES string of the molecule is CCCOc1c(Br)cc(C(=O)Nc2c(C)cccc2CC)cc1OC. The van der Waals surface area contributed by atoms with Gasteiger partial charge in [0.05, 0.1) is 18.2 Å². The molecule has 2 aromatic rings. The first kappa shape index (κ1) is 19.3. The lowest BCUT2D eigenvalue weighted by Crippen LogP contribution is -2.15. The summed E-state index contributed by atoms with van der Waals surface area (Å²) >= 11 is 3.48. The number of methoxy groups -OCH3 is 1. The topological polar surface area (TPSA) is 47.6 Å². The molecule has 0 fully saturated rings. The van der Waals surface area contributed by atoms with Crippen LogP contribution in [-0.2, 0) is 6.42 Å². The molecule has 0 aromatic heterocycles. The van der Waals surface area contributed by atoms with E-state index in [1.807, 2.05) is 32.0 Å². The van der Waals surface area contributed by atoms with Crippen LogP contribution < -0.4 is 14.8 Å². The number of halogens is 1. The molecular weight excluding hydrogens is 382 g/mol. The monoisotopic (exact) mass is 405 g/mol. The quantitative estimate of drug-likeness (QED) is 0.673. The standard InChI is InChI=1S/C20H24BrNO3/c1-5-10-25-19-16(21)11-15(12-17(19)24-4)20(23)22-18-13(3)8-7-9-14(18)6-2/h7-9,11-12H,5-6,10H2,1-4H3,(H,22,23). The van der Waals surface area contributed by atoms with Crippen molar-refractivity contribution in [1.82, 2.24) is 0 Å². The Morgan fingerprint density at radius 2 is 2.00 bits per heavy atom. The first-order valence-electron chi connectivity index (χ1n) is 8.41. The molecule has 0 aliphatic rings. The summed E-state index contributed by atoms with van der Waals surface area (Å²) in [4.78, 5) is 12.8. The highest BCUT2D eigenvalue weighted by atomic mass is 79.9. The summed E-state index contributed by atoms with van der Waals surface area (Å²) in [5, 5.41) is 3.03. The Bertz CT molecular complexity index is 759. The van der Waals surface area contributed by atoms with Gasteiger partial charge in [-0.15, -0.1) is 0 Å². The third-order valence-electron chi connectivity index (χ3n) is 3.92. The van der Waals surface area contributed by atoms with Crippen molar-refractivity contribution in [3.05, 3.63) is 51.5 Å². The molecular formula is C20H24BrNO3. The van der Waals surface area contributed by atoms with E-state index in [1.165, 1.54) is 0 Å². The predicted octanol–water partition coefficient (Wildman–Crippen LogP) is 5.37. The van der Waals surface area contributed by atoms with Crippen LogP contribution in [0.5, 0.6) is 11.5 Å². The number of hydrogen-bond acceptors (Lipinski definition) is 3. The maximum atomic E-state index is 12.8. The molecule has 0 radical (unpaired) electrons. The van der Waals surface area contributed by atoms with Crippen LogP contribution in [0.25, 0.3) is 0 Å². The van der Waals surface area contributed by atoms with Crippen molar-refractivity contribution in [3.63, 3.8) is 0 Å². The van der Waals surface area contributed by atoms with E-state index in [2.05, 4.69) is 28.2 Å². The Morgan fingerprint density at radius 3 is 2.64 bits per heavy atom. The molecule has 0 atom stereocenters. The fourth-order valence-corrected chi connectivity index (χ4v) is 3.14. The molecule has 0 aliphatic heterocycles. The summed E-state index contributed by atoms with van der Waals surface area (Å²) in [6.45, 7) is 6.69. The minimum atomic E-state index is -0.176. The molecule has 25 heavy (non-hydrogen) atoms. The zero-order valence-electron chi connectivity index (χ0n) is 15.1. The second kappa shape index (κ2) is 8.90. The number of carbonyl (C=O) groups excluding carboxylic acids is 1. The van der Waals surface area contributed by atoms with Crippen LogP contribution in [0.4, 0.5) is 5.69 Å². The average Bonchev–Trinajstić information content (AvgIpc) is 2.61. The largest absolute Gasteiger partial charge is 0.493 e. The van der Waals surface area contributed by atoms with E-state index in [1.54, 1.807) is 19.2 Å². The fraction of sp³-hybridized carbons (Fsp3) is 0.350. The van der Waals surface area contributed by atoms with Crippen molar-refractivity contribution in [1.29, 1.82) is 0 Å². The number of para-hydroxylation sites is 1. The lowest BCUT2D eigenvalue weighted by molar-refractivity contribution is 0.102. The Kier molecular flexibility index (Phi) is 6.88. The van der Waals surface area contributed by atoms with Crippen molar-refractivity contribution >= 4 is 27.5 Å². The van der Waals surface area contributed by atoms with Gasteiger partial charge in [-0.2, -0.15) is 0 Å². The molecule has 2 aromatic carbocycles. The van der Waals surface area contributed by atoms with E-state index in [0.717, 1.165) is 29.7 Å². The van der Waals surface area contributed by atoms with Crippen LogP contribution in [0.15, 0.2) is 34.8 Å². The van der Waals surface area contributed by atoms with E-state index in [0.29, 0.717) is 28.1 Å². The summed E-state index contributed by atoms with van der Waals surface area (Å²) in [7, 11) is 1.57. The fourth-order valence-electron chi connectivity index (χ4n) is 2.58. The number of nitrogens with one attached hydrogen (secondary N) is 1. The van der Waals surface area contributed by atoms with Crippen LogP contribution in [0.3, 0.4) is 0 Å². The predicted molar refractivity (Wildman–Crippen MR) is 105 cm³/mol. The van der Waals surface area contributed by atoms with Crippen molar-refractivity contribution in [2.45, 2.75) is 33.6 Å². The Morgan fingerprint density at radius 1 is 1.24 bits per heavy atom. The number of anilines is 1. The van der Waals surface area contributed by atoms with Gasteiger partial charge in [0.25, 0.3) is 5.91 Å². The van der Waals surface area contributed by atoms with Crippen LogP contribution in [-0.4, -0.2) is 19.6 Å². The minimum Gasteiger partial charge on any atom is -0.493 e. The molecule has 134 valence electrons. The number of carbonyl (C=O) groups is 1. The zero-order valence-corrected chi connectivity index (χ0v) is 16.7. The maximum Gasteiger partial charge on any atom is 0.255 e. The lowest BCUT2D eigenvalue weighted by Gasteiger charge is -2.16. The summed E-state index contributed by atoms with van der Waals surface area (Å²) < 4.78 is 11.8. The van der Waals surface area contributed by atoms with Gasteiger partial charge >= 0.3 is 0 Å². The Labute approximate surface area is 157 Å². The number of benzene rings is 2. The highest BCUT2D eigenvalue weighted by molar-refractivity contribution is 9.10. The summed E-state index contributed by atoms with van der Waals surface area (Å²) in [6.07, 6.45) is 1.75. The lowest BCUT2D eigenvalue weighted by atomic mass is 10.1. The molecule has 0 saturated carbocycles. The van der Waals surface area contributed by atoms with Gasteiger partial charge in [0.15, 0.2) is 11.5 Å². The van der Waals surface area contributed by atoms with Gasteiger partial charge in [-0.25, -0.2) is 0 Å². The van der Waals surface area contributed by atoms with Gasteiger partial charge in [0.2, 0.25) is 0 Å². The number of ether oxygens (including phenoxy) is 2. The van der Waals surface area contributed by atoms with Gasteiger partial charge in [-0.1, -0.05) is 32.0 Å². The number of aryl methyl sites for hydroxylation is 2. The zero-order chi connectivity index (χ0) is 18.4. The molecule has 4 nitrogen and oxygen atoms in total. The van der Waals surface area contributed by atoms with Crippen LogP contribution >= 0.6 is 15.9 Å². The molecule has 1 N–H and O–H groups in total. The van der Waals surface area contributed by atoms with Crippen LogP contribution in [0.1, 0.15) is 41.8 Å². The smallest absolute Gasteiger partial charge is 0.255 e. The van der Waals surface area contributed by atoms with E-state index >= 15 is 0 Å². The number of hydrogen-bond donors (Lipinski definition) is 1. The van der Waals surface area contributed by atoms with Gasteiger partial charge in [-0.05, 0) is 59.0 Å². The number of amides is 1. The van der Waals surface area contributed by atoms with E-state index in [9.17, 15) is 4.79 Å². The van der Waals surface area contributed by atoms with Gasteiger partial charge in [0.1, 0.15) is 0 Å². The van der Waals surface area contributed by atoms with Crippen LogP contribution in [0, 0.1) is 6.92 Å². The molecule has 5 heteroatoms. The molecule has 0 spiro atoms. The summed E-state index contributed by atoms with van der Waals surface area (Å²) in [5.74, 6) is 0.976. The van der Waals surface area contributed by atoms with Crippen molar-refractivity contribution in [2.24, 2.45) is 0 Å². The molecule has 1 amide bonds. The van der Waals surface area contributed by atoms with E-state index in [4.69, 9.17) is 9.47 Å². The van der Waals surface area contributed by atoms with Crippen molar-refractivity contribution in [2.75, 3.05) is 19.0 Å². The number of rotatable bonds is 7. The highest BCUT2D eigenvalue weighted by Gasteiger charge is 2.17. The first-order valence-corrected chi connectivity index (χ1v) is 9.21. The average molecular weight is 406 g/mol. The van der Waals surface area contributed by atoms with E-state index < -0.39 is 0 Å². The molecule has 0 saturated heterocycles. The Hall–Kier alpha value is -2.01. The molecule has 0 heterocycles. The second-order valence-corrected chi connectivity index (χ2v) is 6.61. The van der Waals surface area contributed by atoms with E-state index in [-0.39, 0.29) is 5.91 Å². The molecule has 0 bridgehead atoms. The Balaban J connectivity index is 2.33. The van der Waals surface area contributed by atoms with Gasteiger partial charge in [-0.3, -0.25) is 4.79 Å². The third kappa shape index (κ3) is 4.54. The molecule has 0 unspecified atom stereocenters. The van der Waals surface area contributed by atoms with Crippen molar-refractivity contribution < 1.29 is 14.3 Å². The summed E-state index contributed by atoms with van der Waals surface area (Å²) in [6, 6.07) is 9.48. The van der Waals surface area contributed by atoms with Gasteiger partial charge in [0, 0.05) is 11.3 Å².